The highest BCUT2D eigenvalue weighted by molar-refractivity contribution is 6.05. The van der Waals surface area contributed by atoms with Crippen molar-refractivity contribution in [1.29, 1.82) is 0 Å². The van der Waals surface area contributed by atoms with E-state index in [-0.39, 0.29) is 17.9 Å². The molecule has 0 radical (unpaired) electrons. The molecule has 3 amide bonds. The number of nitrogens with one attached hydrogen (secondary N) is 1. The van der Waals surface area contributed by atoms with Crippen molar-refractivity contribution in [2.45, 2.75) is 69.9 Å². The van der Waals surface area contributed by atoms with Gasteiger partial charge in [-0.2, -0.15) is 0 Å². The molecule has 4 rings (SSSR count). The first-order chi connectivity index (χ1) is 15.4. The van der Waals surface area contributed by atoms with Gasteiger partial charge in [0.25, 0.3) is 5.91 Å². The molecule has 32 heavy (non-hydrogen) atoms. The molecule has 1 saturated carbocycles. The minimum Gasteiger partial charge on any atom is -0.366 e. The van der Waals surface area contributed by atoms with E-state index in [4.69, 9.17) is 5.73 Å². The lowest BCUT2D eigenvalue weighted by atomic mass is 9.64. The molecule has 0 bridgehead atoms. The Morgan fingerprint density at radius 3 is 2.38 bits per heavy atom. The Morgan fingerprint density at radius 1 is 1.09 bits per heavy atom. The molecule has 1 fully saturated rings. The minimum atomic E-state index is -0.531. The van der Waals surface area contributed by atoms with E-state index in [2.05, 4.69) is 19.2 Å². The lowest BCUT2D eigenvalue weighted by Gasteiger charge is -2.55. The molecular weight excluding hydrogens is 402 g/mol. The van der Waals surface area contributed by atoms with Gasteiger partial charge >= 0.3 is 0 Å². The van der Waals surface area contributed by atoms with Crippen LogP contribution >= 0.6 is 0 Å². The van der Waals surface area contributed by atoms with Gasteiger partial charge in [0.15, 0.2) is 0 Å². The standard InChI is InChI=1S/C26H31N3O3/c1-3-17(2)29-25(32)21-10-6-5-9-20(21)22(26(29)15-7-4-8-16-26)24(31)28-19-13-11-18(12-14-19)23(27)30/h5-6,9-14,17,22H,3-4,7-8,15-16H2,1-2H3,(H2,27,30)(H,28,31)/t17-,22-/m1/s1. The predicted octanol–water partition coefficient (Wildman–Crippen LogP) is 4.47. The second-order valence-corrected chi connectivity index (χ2v) is 9.05. The molecule has 2 aliphatic rings. The minimum absolute atomic E-state index is 0.0340. The van der Waals surface area contributed by atoms with Crippen LogP contribution in [0, 0.1) is 0 Å². The van der Waals surface area contributed by atoms with Gasteiger partial charge in [-0.3, -0.25) is 14.4 Å². The number of amides is 3. The number of carbonyl (C=O) groups is 3. The summed E-state index contributed by atoms with van der Waals surface area (Å²) < 4.78 is 0. The number of anilines is 1. The lowest BCUT2D eigenvalue weighted by Crippen LogP contribution is -2.64. The van der Waals surface area contributed by atoms with E-state index < -0.39 is 17.4 Å². The Morgan fingerprint density at radius 2 is 1.75 bits per heavy atom. The van der Waals surface area contributed by atoms with Crippen molar-refractivity contribution in [3.05, 3.63) is 65.2 Å². The first kappa shape index (κ1) is 22.1. The van der Waals surface area contributed by atoms with Crippen molar-refractivity contribution in [3.63, 3.8) is 0 Å². The molecule has 2 aromatic rings. The fourth-order valence-electron chi connectivity index (χ4n) is 5.54. The molecule has 2 aromatic carbocycles. The third kappa shape index (κ3) is 3.68. The first-order valence-corrected chi connectivity index (χ1v) is 11.5. The van der Waals surface area contributed by atoms with Crippen LogP contribution in [0.2, 0.25) is 0 Å². The Kier molecular flexibility index (Phi) is 6.04. The number of benzene rings is 2. The molecule has 1 spiro atoms. The van der Waals surface area contributed by atoms with E-state index in [0.29, 0.717) is 16.8 Å². The van der Waals surface area contributed by atoms with Crippen molar-refractivity contribution in [3.8, 4) is 0 Å². The molecule has 3 N–H and O–H groups in total. The summed E-state index contributed by atoms with van der Waals surface area (Å²) in [5.74, 6) is -1.05. The van der Waals surface area contributed by atoms with Crippen molar-refractivity contribution in [2.24, 2.45) is 5.73 Å². The highest BCUT2D eigenvalue weighted by Crippen LogP contribution is 2.50. The Balaban J connectivity index is 1.79. The smallest absolute Gasteiger partial charge is 0.254 e. The molecule has 0 aromatic heterocycles. The van der Waals surface area contributed by atoms with Crippen LogP contribution in [0.3, 0.4) is 0 Å². The monoisotopic (exact) mass is 433 g/mol. The van der Waals surface area contributed by atoms with Gasteiger partial charge in [0.2, 0.25) is 11.8 Å². The highest BCUT2D eigenvalue weighted by atomic mass is 16.2. The fraction of sp³-hybridized carbons (Fsp3) is 0.423. The van der Waals surface area contributed by atoms with E-state index >= 15 is 0 Å². The zero-order valence-electron chi connectivity index (χ0n) is 18.8. The average molecular weight is 434 g/mol. The molecule has 0 saturated heterocycles. The molecule has 0 unspecified atom stereocenters. The summed E-state index contributed by atoms with van der Waals surface area (Å²) in [4.78, 5) is 40.9. The number of primary amides is 1. The summed E-state index contributed by atoms with van der Waals surface area (Å²) in [6.45, 7) is 4.17. The Bertz CT molecular complexity index is 1020. The maximum Gasteiger partial charge on any atom is 0.254 e. The van der Waals surface area contributed by atoms with E-state index in [1.165, 1.54) is 0 Å². The number of nitrogens with two attached hydrogens (primary N) is 1. The molecule has 6 nitrogen and oxygen atoms in total. The quantitative estimate of drug-likeness (QED) is 0.729. The molecular formula is C26H31N3O3. The average Bonchev–Trinajstić information content (AvgIpc) is 2.80. The summed E-state index contributed by atoms with van der Waals surface area (Å²) in [5, 5.41) is 3.05. The van der Waals surface area contributed by atoms with E-state index in [0.717, 1.165) is 44.1 Å². The zero-order chi connectivity index (χ0) is 22.9. The number of rotatable bonds is 5. The Hall–Kier alpha value is -3.15. The second-order valence-electron chi connectivity index (χ2n) is 9.05. The predicted molar refractivity (Wildman–Crippen MR) is 125 cm³/mol. The van der Waals surface area contributed by atoms with Crippen LogP contribution in [0.5, 0.6) is 0 Å². The van der Waals surface area contributed by atoms with Gasteiger partial charge in [-0.15, -0.1) is 0 Å². The van der Waals surface area contributed by atoms with Crippen LogP contribution in [0.15, 0.2) is 48.5 Å². The van der Waals surface area contributed by atoms with Crippen LogP contribution in [0.4, 0.5) is 5.69 Å². The van der Waals surface area contributed by atoms with Crippen LogP contribution in [-0.4, -0.2) is 34.2 Å². The summed E-state index contributed by atoms with van der Waals surface area (Å²) in [6.07, 6.45) is 5.58. The molecule has 1 heterocycles. The Labute approximate surface area is 189 Å². The summed E-state index contributed by atoms with van der Waals surface area (Å²) in [7, 11) is 0. The first-order valence-electron chi connectivity index (χ1n) is 11.5. The van der Waals surface area contributed by atoms with Gasteiger partial charge in [0, 0.05) is 22.9 Å². The molecule has 6 heteroatoms. The topological polar surface area (TPSA) is 92.5 Å². The van der Waals surface area contributed by atoms with E-state index in [1.54, 1.807) is 24.3 Å². The van der Waals surface area contributed by atoms with Crippen LogP contribution < -0.4 is 11.1 Å². The van der Waals surface area contributed by atoms with Gasteiger partial charge in [-0.25, -0.2) is 0 Å². The molecule has 1 aliphatic carbocycles. The van der Waals surface area contributed by atoms with Gasteiger partial charge in [-0.05, 0) is 62.1 Å². The fourth-order valence-corrected chi connectivity index (χ4v) is 5.54. The maximum absolute atomic E-state index is 13.8. The van der Waals surface area contributed by atoms with Gasteiger partial charge in [-0.1, -0.05) is 44.4 Å². The highest BCUT2D eigenvalue weighted by Gasteiger charge is 2.55. The number of hydrogen-bond acceptors (Lipinski definition) is 3. The van der Waals surface area contributed by atoms with Crippen molar-refractivity contribution >= 4 is 23.4 Å². The number of carbonyl (C=O) groups excluding carboxylic acids is 3. The van der Waals surface area contributed by atoms with Gasteiger partial charge in [0.1, 0.15) is 0 Å². The van der Waals surface area contributed by atoms with Crippen molar-refractivity contribution in [2.75, 3.05) is 5.32 Å². The summed E-state index contributed by atoms with van der Waals surface area (Å²) in [6, 6.07) is 14.2. The largest absolute Gasteiger partial charge is 0.366 e. The third-order valence-electron chi connectivity index (χ3n) is 7.19. The van der Waals surface area contributed by atoms with Crippen LogP contribution in [0.1, 0.15) is 84.6 Å². The van der Waals surface area contributed by atoms with Crippen LogP contribution in [-0.2, 0) is 4.79 Å². The van der Waals surface area contributed by atoms with Crippen LogP contribution in [0.25, 0.3) is 0 Å². The molecule has 2 atom stereocenters. The van der Waals surface area contributed by atoms with Crippen molar-refractivity contribution in [1.82, 2.24) is 4.90 Å². The maximum atomic E-state index is 13.8. The van der Waals surface area contributed by atoms with E-state index in [9.17, 15) is 14.4 Å². The zero-order valence-corrected chi connectivity index (χ0v) is 18.8. The number of nitrogens with zero attached hydrogens (tertiary/aromatic N) is 1. The number of hydrogen-bond donors (Lipinski definition) is 2. The van der Waals surface area contributed by atoms with Crippen molar-refractivity contribution < 1.29 is 14.4 Å². The van der Waals surface area contributed by atoms with Gasteiger partial charge < -0.3 is 16.0 Å². The summed E-state index contributed by atoms with van der Waals surface area (Å²) >= 11 is 0. The lowest BCUT2D eigenvalue weighted by molar-refractivity contribution is -0.122. The number of fused-ring (bicyclic) bond motifs is 1. The van der Waals surface area contributed by atoms with E-state index in [1.807, 2.05) is 29.2 Å². The third-order valence-corrected chi connectivity index (χ3v) is 7.19. The molecule has 1 aliphatic heterocycles. The normalized spacial score (nSPS) is 20.5. The summed E-state index contributed by atoms with van der Waals surface area (Å²) in [5.41, 5.74) is 7.23. The second kappa shape index (κ2) is 8.77. The van der Waals surface area contributed by atoms with Gasteiger partial charge in [0.05, 0.1) is 11.5 Å². The molecule has 168 valence electrons. The SMILES string of the molecule is CC[C@@H](C)N1C(=O)c2ccccc2[C@H](C(=O)Nc2ccc(C(N)=O)cc2)C12CCCCC2.